The molecule has 1 saturated heterocycles. The van der Waals surface area contributed by atoms with Crippen LogP contribution in [0.25, 0.3) is 0 Å². The number of nitrogens with one attached hydrogen (secondary N) is 5. The Morgan fingerprint density at radius 3 is 2.51 bits per heavy atom. The van der Waals surface area contributed by atoms with E-state index in [0.717, 1.165) is 68.9 Å². The van der Waals surface area contributed by atoms with Gasteiger partial charge in [-0.3, -0.25) is 19.8 Å². The first-order valence-electron chi connectivity index (χ1n) is 15.5. The molecule has 10 nitrogen and oxygen atoms in total. The number of carbonyl (C=O) groups excluding carboxylic acids is 3. The normalized spacial score (nSPS) is 17.0. The minimum atomic E-state index is -0.108. The number of rotatable bonds is 14. The lowest BCUT2D eigenvalue weighted by Crippen LogP contribution is -2.45. The number of carbonyl (C=O) groups is 3. The summed E-state index contributed by atoms with van der Waals surface area (Å²) in [6.45, 7) is 3.88. The molecule has 2 aliphatic heterocycles. The summed E-state index contributed by atoms with van der Waals surface area (Å²) in [5.41, 5.74) is 11.2. The van der Waals surface area contributed by atoms with E-state index in [1.54, 1.807) is 18.2 Å². The summed E-state index contributed by atoms with van der Waals surface area (Å²) in [5.74, 6) is -0.168. The molecule has 0 aromatic heterocycles. The highest BCUT2D eigenvalue weighted by Crippen LogP contribution is 2.25. The molecule has 0 radical (unpaired) electrons. The van der Waals surface area contributed by atoms with Crippen molar-refractivity contribution in [1.29, 1.82) is 10.8 Å². The summed E-state index contributed by atoms with van der Waals surface area (Å²) in [4.78, 5) is 38.8. The summed E-state index contributed by atoms with van der Waals surface area (Å²) < 4.78 is 0. The molecule has 0 bridgehead atoms. The van der Waals surface area contributed by atoms with Crippen LogP contribution in [0.3, 0.4) is 0 Å². The number of nitrogens with zero attached hydrogens (tertiary/aromatic N) is 1. The summed E-state index contributed by atoms with van der Waals surface area (Å²) in [5, 5.41) is 25.6. The summed E-state index contributed by atoms with van der Waals surface area (Å²) in [6.07, 6.45) is 14.4. The van der Waals surface area contributed by atoms with Crippen LogP contribution in [0.15, 0.2) is 53.3 Å². The van der Waals surface area contributed by atoms with Gasteiger partial charge in [-0.15, -0.1) is 0 Å². The van der Waals surface area contributed by atoms with Crippen molar-refractivity contribution in [2.24, 2.45) is 5.73 Å². The SMILES string of the molecule is CCC1=C(C(=N)/C=C(\C(=N)N)N2CCC(NC(=O)CCCCCCC(=O)Nc3cccc4c3CNC4=O)CC2)C=CCC1. The van der Waals surface area contributed by atoms with E-state index in [1.807, 2.05) is 12.1 Å². The van der Waals surface area contributed by atoms with E-state index < -0.39 is 0 Å². The molecule has 3 aliphatic rings. The van der Waals surface area contributed by atoms with Crippen LogP contribution in [0.2, 0.25) is 0 Å². The molecule has 10 heteroatoms. The molecule has 2 heterocycles. The van der Waals surface area contributed by atoms with Crippen molar-refractivity contribution in [3.05, 3.63) is 64.4 Å². The first kappa shape index (κ1) is 31.7. The predicted octanol–water partition coefficient (Wildman–Crippen LogP) is 4.69. The Balaban J connectivity index is 1.12. The van der Waals surface area contributed by atoms with Gasteiger partial charge < -0.3 is 32.0 Å². The third kappa shape index (κ3) is 8.65. The quantitative estimate of drug-likeness (QED) is 0.105. The highest BCUT2D eigenvalue weighted by Gasteiger charge is 2.24. The van der Waals surface area contributed by atoms with Gasteiger partial charge in [-0.05, 0) is 68.7 Å². The monoisotopic (exact) mass is 587 g/mol. The van der Waals surface area contributed by atoms with E-state index >= 15 is 0 Å². The van der Waals surface area contributed by atoms with E-state index in [0.29, 0.717) is 55.1 Å². The molecule has 1 aromatic rings. The van der Waals surface area contributed by atoms with Gasteiger partial charge in [0.15, 0.2) is 0 Å². The number of benzene rings is 1. The smallest absolute Gasteiger partial charge is 0.251 e. The second-order valence-electron chi connectivity index (χ2n) is 11.5. The topological polar surface area (TPSA) is 164 Å². The van der Waals surface area contributed by atoms with Gasteiger partial charge in [-0.25, -0.2) is 0 Å². The second kappa shape index (κ2) is 15.3. The molecule has 0 spiro atoms. The van der Waals surface area contributed by atoms with E-state index in [-0.39, 0.29) is 29.6 Å². The fourth-order valence-electron chi connectivity index (χ4n) is 5.99. The molecule has 0 saturated carbocycles. The molecular weight excluding hydrogens is 542 g/mol. The van der Waals surface area contributed by atoms with Crippen LogP contribution in [0.4, 0.5) is 5.69 Å². The number of anilines is 1. The lowest BCUT2D eigenvalue weighted by Gasteiger charge is -2.35. The van der Waals surface area contributed by atoms with Crippen LogP contribution in [-0.4, -0.2) is 53.3 Å². The lowest BCUT2D eigenvalue weighted by atomic mass is 9.92. The Hall–Kier alpha value is -4.21. The zero-order valence-corrected chi connectivity index (χ0v) is 25.2. The molecule has 1 aromatic carbocycles. The Morgan fingerprint density at radius 2 is 1.81 bits per heavy atom. The van der Waals surface area contributed by atoms with Crippen molar-refractivity contribution in [3.8, 4) is 0 Å². The minimum absolute atomic E-state index is 0.0412. The number of nitrogens with two attached hydrogens (primary N) is 1. The van der Waals surface area contributed by atoms with Crippen LogP contribution in [0, 0.1) is 10.8 Å². The van der Waals surface area contributed by atoms with Gasteiger partial charge in [-0.1, -0.05) is 43.6 Å². The standard InChI is InChI=1S/C33H45N7O3/c1-2-22-10-7-8-11-24(22)27(34)20-29(32(35)36)40-18-16-23(17-19-40)38-30(41)14-5-3-4-6-15-31(42)39-28-13-9-12-25-26(28)21-37-33(25)43/h8-9,11-13,20,23,34H,2-7,10,14-19,21H2,1H3,(H3,35,36)(H,37,43)(H,38,41)(H,39,42)/b29-20+,34-27?. The third-order valence-electron chi connectivity index (χ3n) is 8.43. The first-order chi connectivity index (χ1) is 20.8. The highest BCUT2D eigenvalue weighted by atomic mass is 16.2. The number of hydrogen-bond donors (Lipinski definition) is 6. The van der Waals surface area contributed by atoms with E-state index in [1.165, 1.54) is 5.57 Å². The summed E-state index contributed by atoms with van der Waals surface area (Å²) in [6, 6.07) is 5.44. The Bertz CT molecular complexity index is 1340. The summed E-state index contributed by atoms with van der Waals surface area (Å²) >= 11 is 0. The second-order valence-corrected chi connectivity index (χ2v) is 11.5. The van der Waals surface area contributed by atoms with Gasteiger partial charge >= 0.3 is 0 Å². The number of allylic oxidation sites excluding steroid dienone is 5. The van der Waals surface area contributed by atoms with Crippen LogP contribution in [0.1, 0.15) is 93.5 Å². The number of fused-ring (bicyclic) bond motifs is 1. The molecule has 43 heavy (non-hydrogen) atoms. The molecule has 0 atom stereocenters. The Kier molecular flexibility index (Phi) is 11.3. The minimum Gasteiger partial charge on any atom is -0.382 e. The number of amides is 3. The van der Waals surface area contributed by atoms with Crippen molar-refractivity contribution < 1.29 is 14.4 Å². The van der Waals surface area contributed by atoms with Crippen LogP contribution in [-0.2, 0) is 16.1 Å². The molecule has 3 amide bonds. The molecule has 4 rings (SSSR count). The Morgan fingerprint density at radius 1 is 1.09 bits per heavy atom. The fraction of sp³-hybridized carbons (Fsp3) is 0.485. The maximum absolute atomic E-state index is 12.6. The van der Waals surface area contributed by atoms with Crippen molar-refractivity contribution in [2.75, 3.05) is 18.4 Å². The number of hydrogen-bond acceptors (Lipinski definition) is 6. The zero-order chi connectivity index (χ0) is 30.8. The summed E-state index contributed by atoms with van der Waals surface area (Å²) in [7, 11) is 0. The van der Waals surface area contributed by atoms with Gasteiger partial charge in [0.1, 0.15) is 5.84 Å². The maximum Gasteiger partial charge on any atom is 0.251 e. The maximum atomic E-state index is 12.6. The number of amidine groups is 1. The number of piperidine rings is 1. The van der Waals surface area contributed by atoms with Gasteiger partial charge in [0, 0.05) is 55.3 Å². The average Bonchev–Trinajstić information content (AvgIpc) is 3.39. The van der Waals surface area contributed by atoms with E-state index in [4.69, 9.17) is 16.6 Å². The van der Waals surface area contributed by atoms with Crippen molar-refractivity contribution in [1.82, 2.24) is 15.5 Å². The van der Waals surface area contributed by atoms with Crippen molar-refractivity contribution >= 4 is 35.0 Å². The van der Waals surface area contributed by atoms with Gasteiger partial charge in [0.25, 0.3) is 5.91 Å². The molecule has 0 unspecified atom stereocenters. The molecular formula is C33H45N7O3. The molecule has 1 fully saturated rings. The van der Waals surface area contributed by atoms with Gasteiger partial charge in [0.05, 0.1) is 11.4 Å². The average molecular weight is 588 g/mol. The predicted molar refractivity (Wildman–Crippen MR) is 170 cm³/mol. The van der Waals surface area contributed by atoms with Gasteiger partial charge in [-0.2, -0.15) is 0 Å². The lowest BCUT2D eigenvalue weighted by molar-refractivity contribution is -0.122. The fourth-order valence-corrected chi connectivity index (χ4v) is 5.99. The largest absolute Gasteiger partial charge is 0.382 e. The van der Waals surface area contributed by atoms with Gasteiger partial charge in [0.2, 0.25) is 11.8 Å². The molecule has 7 N–H and O–H groups in total. The van der Waals surface area contributed by atoms with Crippen molar-refractivity contribution in [3.63, 3.8) is 0 Å². The van der Waals surface area contributed by atoms with Crippen molar-refractivity contribution in [2.45, 2.75) is 90.1 Å². The third-order valence-corrected chi connectivity index (χ3v) is 8.43. The van der Waals surface area contributed by atoms with E-state index in [9.17, 15) is 14.4 Å². The van der Waals surface area contributed by atoms with Crippen LogP contribution < -0.4 is 21.7 Å². The van der Waals surface area contributed by atoms with Crippen LogP contribution >= 0.6 is 0 Å². The highest BCUT2D eigenvalue weighted by molar-refractivity contribution is 6.12. The number of unbranched alkanes of at least 4 members (excludes halogenated alkanes) is 3. The van der Waals surface area contributed by atoms with E-state index in [2.05, 4.69) is 33.9 Å². The first-order valence-corrected chi connectivity index (χ1v) is 15.5. The molecule has 1 aliphatic carbocycles. The zero-order valence-electron chi connectivity index (χ0n) is 25.2. The Labute approximate surface area is 254 Å². The molecule has 230 valence electrons. The van der Waals surface area contributed by atoms with Crippen LogP contribution in [0.5, 0.6) is 0 Å². The number of likely N-dealkylation sites (tertiary alicyclic amines) is 1.